The zero-order chi connectivity index (χ0) is 14.5. The number of nitrogens with two attached hydrogens (primary N) is 1. The fourth-order valence-electron chi connectivity index (χ4n) is 1.71. The molecule has 0 fully saturated rings. The first-order valence-corrected chi connectivity index (χ1v) is 6.96. The number of anilines is 1. The largest absolute Gasteiger partial charge is 0.398 e. The average Bonchev–Trinajstić information content (AvgIpc) is 2.42. The van der Waals surface area contributed by atoms with Crippen molar-refractivity contribution in [1.82, 2.24) is 0 Å². The number of hydrogen-bond acceptors (Lipinski definition) is 4. The van der Waals surface area contributed by atoms with Gasteiger partial charge in [0, 0.05) is 28.5 Å². The predicted octanol–water partition coefficient (Wildman–Crippen LogP) is 3.65. The maximum absolute atomic E-state index is 12.9. The SMILES string of the molecule is Nc1cc(F)ccc1SCCc1ccc([N+](=O)[O-])cc1. The van der Waals surface area contributed by atoms with Crippen molar-refractivity contribution in [3.63, 3.8) is 0 Å². The molecule has 0 bridgehead atoms. The Kier molecular flexibility index (Phi) is 4.57. The summed E-state index contributed by atoms with van der Waals surface area (Å²) in [7, 11) is 0. The molecule has 104 valence electrons. The van der Waals surface area contributed by atoms with E-state index in [-0.39, 0.29) is 11.5 Å². The van der Waals surface area contributed by atoms with Gasteiger partial charge in [-0.25, -0.2) is 4.39 Å². The van der Waals surface area contributed by atoms with Crippen LogP contribution >= 0.6 is 11.8 Å². The zero-order valence-corrected chi connectivity index (χ0v) is 11.4. The van der Waals surface area contributed by atoms with Crippen LogP contribution in [-0.2, 0) is 6.42 Å². The van der Waals surface area contributed by atoms with Crippen LogP contribution in [0.1, 0.15) is 5.56 Å². The van der Waals surface area contributed by atoms with Crippen LogP contribution in [0.15, 0.2) is 47.4 Å². The molecule has 20 heavy (non-hydrogen) atoms. The van der Waals surface area contributed by atoms with Crippen LogP contribution in [-0.4, -0.2) is 10.7 Å². The van der Waals surface area contributed by atoms with Crippen LogP contribution < -0.4 is 5.73 Å². The number of aryl methyl sites for hydroxylation is 1. The van der Waals surface area contributed by atoms with Crippen LogP contribution in [0.2, 0.25) is 0 Å². The van der Waals surface area contributed by atoms with E-state index in [1.165, 1.54) is 36.0 Å². The van der Waals surface area contributed by atoms with Crippen molar-refractivity contribution >= 4 is 23.1 Å². The van der Waals surface area contributed by atoms with Gasteiger partial charge in [0.2, 0.25) is 0 Å². The minimum Gasteiger partial charge on any atom is -0.398 e. The Bertz CT molecular complexity index is 617. The summed E-state index contributed by atoms with van der Waals surface area (Å²) in [5.74, 6) is 0.426. The van der Waals surface area contributed by atoms with Crippen molar-refractivity contribution < 1.29 is 9.31 Å². The lowest BCUT2D eigenvalue weighted by Gasteiger charge is -2.05. The number of hydrogen-bond donors (Lipinski definition) is 1. The van der Waals surface area contributed by atoms with Crippen molar-refractivity contribution in [2.75, 3.05) is 11.5 Å². The van der Waals surface area contributed by atoms with Gasteiger partial charge in [-0.1, -0.05) is 12.1 Å². The third-order valence-corrected chi connectivity index (χ3v) is 3.86. The molecule has 0 aliphatic heterocycles. The van der Waals surface area contributed by atoms with Crippen LogP contribution in [0.3, 0.4) is 0 Å². The summed E-state index contributed by atoms with van der Waals surface area (Å²) >= 11 is 1.54. The van der Waals surface area contributed by atoms with Crippen molar-refractivity contribution in [3.05, 3.63) is 64.0 Å². The molecule has 2 rings (SSSR count). The van der Waals surface area contributed by atoms with E-state index in [0.717, 1.165) is 22.6 Å². The fourth-order valence-corrected chi connectivity index (χ4v) is 2.66. The molecule has 0 saturated carbocycles. The highest BCUT2D eigenvalue weighted by atomic mass is 32.2. The van der Waals surface area contributed by atoms with Crippen molar-refractivity contribution in [2.45, 2.75) is 11.3 Å². The Hall–Kier alpha value is -2.08. The van der Waals surface area contributed by atoms with E-state index in [1.54, 1.807) is 18.2 Å². The van der Waals surface area contributed by atoms with Crippen LogP contribution in [0, 0.1) is 15.9 Å². The molecule has 4 nitrogen and oxygen atoms in total. The molecule has 0 aliphatic carbocycles. The van der Waals surface area contributed by atoms with Gasteiger partial charge in [0.1, 0.15) is 5.82 Å². The molecule has 0 aliphatic rings. The molecule has 2 N–H and O–H groups in total. The highest BCUT2D eigenvalue weighted by Crippen LogP contribution is 2.26. The minimum absolute atomic E-state index is 0.0872. The summed E-state index contributed by atoms with van der Waals surface area (Å²) in [6.07, 6.45) is 0.763. The molecule has 0 atom stereocenters. The first-order chi connectivity index (χ1) is 9.56. The Morgan fingerprint density at radius 1 is 1.20 bits per heavy atom. The van der Waals surface area contributed by atoms with Gasteiger partial charge < -0.3 is 5.73 Å². The van der Waals surface area contributed by atoms with Gasteiger partial charge in [-0.2, -0.15) is 0 Å². The second kappa shape index (κ2) is 6.38. The van der Waals surface area contributed by atoms with E-state index < -0.39 is 4.92 Å². The molecule has 0 saturated heterocycles. The number of nitro benzene ring substituents is 1. The van der Waals surface area contributed by atoms with Gasteiger partial charge in [-0.3, -0.25) is 10.1 Å². The van der Waals surface area contributed by atoms with E-state index in [9.17, 15) is 14.5 Å². The van der Waals surface area contributed by atoms with Gasteiger partial charge in [-0.15, -0.1) is 11.8 Å². The van der Waals surface area contributed by atoms with Crippen molar-refractivity contribution in [2.24, 2.45) is 0 Å². The maximum Gasteiger partial charge on any atom is 0.269 e. The lowest BCUT2D eigenvalue weighted by molar-refractivity contribution is -0.384. The molecule has 0 heterocycles. The summed E-state index contributed by atoms with van der Waals surface area (Å²) < 4.78 is 12.9. The molecule has 6 heteroatoms. The third-order valence-electron chi connectivity index (χ3n) is 2.77. The minimum atomic E-state index is -0.419. The number of nitrogen functional groups attached to an aromatic ring is 1. The smallest absolute Gasteiger partial charge is 0.269 e. The van der Waals surface area contributed by atoms with Gasteiger partial charge >= 0.3 is 0 Å². The second-order valence-corrected chi connectivity index (χ2v) is 5.34. The first-order valence-electron chi connectivity index (χ1n) is 5.97. The topological polar surface area (TPSA) is 69.2 Å². The number of nitro groups is 1. The lowest BCUT2D eigenvalue weighted by Crippen LogP contribution is -1.93. The number of nitrogens with zero attached hydrogens (tertiary/aromatic N) is 1. The molecule has 2 aromatic carbocycles. The third kappa shape index (κ3) is 3.71. The summed E-state index contributed by atoms with van der Waals surface area (Å²) in [6.45, 7) is 0. The quantitative estimate of drug-likeness (QED) is 0.395. The molecule has 0 aromatic heterocycles. The Morgan fingerprint density at radius 3 is 2.50 bits per heavy atom. The van der Waals surface area contributed by atoms with Gasteiger partial charge in [0.05, 0.1) is 4.92 Å². The van der Waals surface area contributed by atoms with Crippen molar-refractivity contribution in [1.29, 1.82) is 0 Å². The Balaban J connectivity index is 1.91. The number of thioether (sulfide) groups is 1. The van der Waals surface area contributed by atoms with Gasteiger partial charge in [0.15, 0.2) is 0 Å². The zero-order valence-electron chi connectivity index (χ0n) is 10.6. The molecule has 0 unspecified atom stereocenters. The van der Waals surface area contributed by atoms with E-state index in [2.05, 4.69) is 0 Å². The van der Waals surface area contributed by atoms with Gasteiger partial charge in [0.25, 0.3) is 5.69 Å². The standard InChI is InChI=1S/C14H13FN2O2S/c15-11-3-6-14(13(16)9-11)20-8-7-10-1-4-12(5-2-10)17(18)19/h1-6,9H,7-8,16H2. The summed E-state index contributed by atoms with van der Waals surface area (Å²) in [5.41, 5.74) is 7.25. The van der Waals surface area contributed by atoms with Crippen LogP contribution in [0.4, 0.5) is 15.8 Å². The first kappa shape index (κ1) is 14.3. The second-order valence-electron chi connectivity index (χ2n) is 4.20. The van der Waals surface area contributed by atoms with Crippen molar-refractivity contribution in [3.8, 4) is 0 Å². The summed E-state index contributed by atoms with van der Waals surface area (Å²) in [5, 5.41) is 10.5. The Labute approximate surface area is 119 Å². The normalized spacial score (nSPS) is 10.4. The molecular weight excluding hydrogens is 279 g/mol. The molecule has 0 spiro atoms. The van der Waals surface area contributed by atoms with Gasteiger partial charge in [-0.05, 0) is 30.2 Å². The molecule has 0 amide bonds. The van der Waals surface area contributed by atoms with E-state index in [4.69, 9.17) is 5.73 Å². The highest BCUT2D eigenvalue weighted by molar-refractivity contribution is 7.99. The number of non-ortho nitro benzene ring substituents is 1. The number of benzene rings is 2. The monoisotopic (exact) mass is 292 g/mol. The maximum atomic E-state index is 12.9. The van der Waals surface area contributed by atoms with E-state index in [0.29, 0.717) is 5.69 Å². The van der Waals surface area contributed by atoms with E-state index in [1.807, 2.05) is 0 Å². The van der Waals surface area contributed by atoms with Crippen LogP contribution in [0.5, 0.6) is 0 Å². The molecular formula is C14H13FN2O2S. The van der Waals surface area contributed by atoms with E-state index >= 15 is 0 Å². The summed E-state index contributed by atoms with van der Waals surface area (Å²) in [6, 6.07) is 10.8. The fraction of sp³-hybridized carbons (Fsp3) is 0.143. The van der Waals surface area contributed by atoms with Crippen LogP contribution in [0.25, 0.3) is 0 Å². The average molecular weight is 292 g/mol. The molecule has 0 radical (unpaired) electrons. The summed E-state index contributed by atoms with van der Waals surface area (Å²) in [4.78, 5) is 11.0. The number of rotatable bonds is 5. The number of halogens is 1. The molecule has 2 aromatic rings. The lowest BCUT2D eigenvalue weighted by atomic mass is 10.1. The Morgan fingerprint density at radius 2 is 1.90 bits per heavy atom. The predicted molar refractivity (Wildman–Crippen MR) is 78.3 cm³/mol. The highest BCUT2D eigenvalue weighted by Gasteiger charge is 2.05.